The second-order valence-corrected chi connectivity index (χ2v) is 7.33. The molecule has 1 aromatic heterocycles. The molecule has 4 nitrogen and oxygen atoms in total. The van der Waals surface area contributed by atoms with Gasteiger partial charge in [0.2, 0.25) is 0 Å². The van der Waals surface area contributed by atoms with Crippen molar-refractivity contribution in [2.24, 2.45) is 0 Å². The third-order valence-corrected chi connectivity index (χ3v) is 5.45. The summed E-state index contributed by atoms with van der Waals surface area (Å²) in [6.07, 6.45) is -4.61. The Bertz CT molecular complexity index is 482. The van der Waals surface area contributed by atoms with Gasteiger partial charge in [-0.15, -0.1) is 11.3 Å². The Hall–Kier alpha value is 0.130. The van der Waals surface area contributed by atoms with Gasteiger partial charge in [0.05, 0.1) is 8.81 Å². The molecule has 0 saturated heterocycles. The van der Waals surface area contributed by atoms with Gasteiger partial charge in [-0.3, -0.25) is 4.84 Å². The first-order valence-corrected chi connectivity index (χ1v) is 7.24. The van der Waals surface area contributed by atoms with Crippen molar-refractivity contribution in [3.63, 3.8) is 0 Å². The van der Waals surface area contributed by atoms with Gasteiger partial charge in [0, 0.05) is 0 Å². The van der Waals surface area contributed by atoms with Gasteiger partial charge in [-0.2, -0.15) is 13.2 Å². The number of sulfonamides is 1. The molecule has 0 aliphatic rings. The topological polar surface area (TPSA) is 55.4 Å². The van der Waals surface area contributed by atoms with Crippen LogP contribution in [-0.4, -0.2) is 21.2 Å². The van der Waals surface area contributed by atoms with Gasteiger partial charge in [-0.1, -0.05) is 16.5 Å². The summed E-state index contributed by atoms with van der Waals surface area (Å²) in [6.45, 7) is -1.72. The normalized spacial score (nSPS) is 13.0. The lowest BCUT2D eigenvalue weighted by molar-refractivity contribution is -0.181. The minimum Gasteiger partial charge on any atom is -0.277 e. The fourth-order valence-electron chi connectivity index (χ4n) is 0.689. The Balaban J connectivity index is 2.70. The largest absolute Gasteiger partial charge is 0.413 e. The standard InChI is InChI=1S/C6H4BrClF3NO3S2/c7-5-3(8)1-4(16-5)17(13,14)12-15-2-6(9,10)11/h1,12H,2H2. The van der Waals surface area contributed by atoms with E-state index in [1.807, 2.05) is 0 Å². The van der Waals surface area contributed by atoms with Crippen molar-refractivity contribution < 1.29 is 26.4 Å². The van der Waals surface area contributed by atoms with Crippen molar-refractivity contribution in [2.75, 3.05) is 6.61 Å². The van der Waals surface area contributed by atoms with Crippen LogP contribution >= 0.6 is 38.9 Å². The summed E-state index contributed by atoms with van der Waals surface area (Å²) in [6, 6.07) is 1.09. The molecule has 98 valence electrons. The molecule has 0 atom stereocenters. The highest BCUT2D eigenvalue weighted by atomic mass is 79.9. The van der Waals surface area contributed by atoms with E-state index in [0.29, 0.717) is 3.79 Å². The lowest BCUT2D eigenvalue weighted by Gasteiger charge is -2.07. The summed E-state index contributed by atoms with van der Waals surface area (Å²) in [5.74, 6) is 0. The quantitative estimate of drug-likeness (QED) is 0.825. The number of alkyl halides is 3. The van der Waals surface area contributed by atoms with Crippen molar-refractivity contribution in [2.45, 2.75) is 10.4 Å². The first-order chi connectivity index (χ1) is 7.62. The Morgan fingerprint density at radius 3 is 2.53 bits per heavy atom. The molecule has 0 aliphatic carbocycles. The van der Waals surface area contributed by atoms with E-state index >= 15 is 0 Å². The van der Waals surface area contributed by atoms with Gasteiger partial charge >= 0.3 is 6.18 Å². The molecule has 1 rings (SSSR count). The fraction of sp³-hybridized carbons (Fsp3) is 0.333. The highest BCUT2D eigenvalue weighted by Gasteiger charge is 2.29. The number of hydrogen-bond acceptors (Lipinski definition) is 4. The van der Waals surface area contributed by atoms with Crippen LogP contribution in [0.4, 0.5) is 13.2 Å². The van der Waals surface area contributed by atoms with Crippen LogP contribution in [0.1, 0.15) is 0 Å². The van der Waals surface area contributed by atoms with E-state index in [4.69, 9.17) is 11.6 Å². The van der Waals surface area contributed by atoms with Crippen LogP contribution in [0.5, 0.6) is 0 Å². The monoisotopic (exact) mass is 373 g/mol. The Kier molecular flexibility index (Phi) is 4.83. The second-order valence-electron chi connectivity index (χ2n) is 2.68. The predicted octanol–water partition coefficient (Wildman–Crippen LogP) is 2.94. The molecule has 1 aromatic rings. The van der Waals surface area contributed by atoms with Crippen LogP contribution in [0.3, 0.4) is 0 Å². The minimum absolute atomic E-state index is 0.145. The number of halogens is 5. The number of rotatable bonds is 4. The van der Waals surface area contributed by atoms with E-state index in [1.54, 1.807) is 0 Å². The SMILES string of the molecule is O=S(=O)(NOCC(F)(F)F)c1cc(Cl)c(Br)s1. The van der Waals surface area contributed by atoms with Gasteiger partial charge in [0.15, 0.2) is 6.61 Å². The van der Waals surface area contributed by atoms with E-state index in [2.05, 4.69) is 20.8 Å². The maximum atomic E-state index is 11.7. The first-order valence-electron chi connectivity index (χ1n) is 3.77. The zero-order valence-corrected chi connectivity index (χ0v) is 11.7. The average molecular weight is 375 g/mol. The van der Waals surface area contributed by atoms with Crippen LogP contribution in [0, 0.1) is 0 Å². The third-order valence-electron chi connectivity index (χ3n) is 1.29. The van der Waals surface area contributed by atoms with E-state index in [0.717, 1.165) is 17.4 Å². The summed E-state index contributed by atoms with van der Waals surface area (Å²) >= 11 is 9.33. The van der Waals surface area contributed by atoms with Crippen molar-refractivity contribution in [3.05, 3.63) is 14.9 Å². The molecule has 17 heavy (non-hydrogen) atoms. The van der Waals surface area contributed by atoms with Crippen LogP contribution in [0.15, 0.2) is 14.1 Å². The molecule has 0 amide bonds. The summed E-state index contributed by atoms with van der Waals surface area (Å²) in [4.78, 5) is 5.21. The maximum Gasteiger partial charge on any atom is 0.413 e. The second kappa shape index (κ2) is 5.41. The Morgan fingerprint density at radius 1 is 1.53 bits per heavy atom. The van der Waals surface area contributed by atoms with Gasteiger partial charge in [0.25, 0.3) is 10.0 Å². The summed E-state index contributed by atoms with van der Waals surface area (Å²) in [7, 11) is -4.15. The highest BCUT2D eigenvalue weighted by molar-refractivity contribution is 9.11. The summed E-state index contributed by atoms with van der Waals surface area (Å²) in [5, 5.41) is 0.145. The lowest BCUT2D eigenvalue weighted by atomic mass is 10.7. The van der Waals surface area contributed by atoms with E-state index in [-0.39, 0.29) is 9.23 Å². The first kappa shape index (κ1) is 15.2. The van der Waals surface area contributed by atoms with Gasteiger partial charge in [-0.25, -0.2) is 8.42 Å². The zero-order chi connectivity index (χ0) is 13.3. The van der Waals surface area contributed by atoms with Gasteiger partial charge < -0.3 is 0 Å². The van der Waals surface area contributed by atoms with Gasteiger partial charge in [0.1, 0.15) is 4.21 Å². The molecule has 0 spiro atoms. The molecule has 0 aliphatic heterocycles. The van der Waals surface area contributed by atoms with Crippen molar-refractivity contribution in [1.82, 2.24) is 4.89 Å². The Morgan fingerprint density at radius 2 is 2.12 bits per heavy atom. The maximum absolute atomic E-state index is 11.7. The number of hydrogen-bond donors (Lipinski definition) is 1. The smallest absolute Gasteiger partial charge is 0.277 e. The molecule has 1 heterocycles. The minimum atomic E-state index is -4.61. The van der Waals surface area contributed by atoms with Crippen LogP contribution in [0.25, 0.3) is 0 Å². The van der Waals surface area contributed by atoms with E-state index in [9.17, 15) is 21.6 Å². The molecule has 0 radical (unpaired) electrons. The van der Waals surface area contributed by atoms with Crippen molar-refractivity contribution in [3.8, 4) is 0 Å². The van der Waals surface area contributed by atoms with Crippen LogP contribution in [0.2, 0.25) is 5.02 Å². The molecule has 0 saturated carbocycles. The molecule has 0 bridgehead atoms. The number of nitrogens with one attached hydrogen (secondary N) is 1. The van der Waals surface area contributed by atoms with Gasteiger partial charge in [-0.05, 0) is 22.0 Å². The number of thiophene rings is 1. The molecular formula is C6H4BrClF3NO3S2. The van der Waals surface area contributed by atoms with E-state index in [1.165, 1.54) is 4.89 Å². The molecule has 11 heteroatoms. The molecule has 0 fully saturated rings. The third kappa shape index (κ3) is 4.72. The molecule has 1 N–H and O–H groups in total. The molecule has 0 unspecified atom stereocenters. The van der Waals surface area contributed by atoms with Crippen LogP contribution in [-0.2, 0) is 14.9 Å². The average Bonchev–Trinajstić information content (AvgIpc) is 2.45. The van der Waals surface area contributed by atoms with Crippen LogP contribution < -0.4 is 4.89 Å². The van der Waals surface area contributed by atoms with E-state index < -0.39 is 22.8 Å². The molecule has 0 aromatic carbocycles. The lowest BCUT2D eigenvalue weighted by Crippen LogP contribution is -2.29. The molecular weight excluding hydrogens is 371 g/mol. The Labute approximate surface area is 112 Å². The van der Waals surface area contributed by atoms with Crippen molar-refractivity contribution >= 4 is 48.9 Å². The summed E-state index contributed by atoms with van der Waals surface area (Å²) < 4.78 is 58.1. The predicted molar refractivity (Wildman–Crippen MR) is 59.4 cm³/mol. The zero-order valence-electron chi connectivity index (χ0n) is 7.72. The fourth-order valence-corrected chi connectivity index (χ4v) is 3.87. The highest BCUT2D eigenvalue weighted by Crippen LogP contribution is 2.34. The van der Waals surface area contributed by atoms with Crippen molar-refractivity contribution in [1.29, 1.82) is 0 Å². The summed E-state index contributed by atoms with van der Waals surface area (Å²) in [5.41, 5.74) is 0.